The first kappa shape index (κ1) is 18.0. The van der Waals surface area contributed by atoms with Crippen LogP contribution in [0.4, 0.5) is 0 Å². The van der Waals surface area contributed by atoms with Crippen LogP contribution in [0.5, 0.6) is 0 Å². The van der Waals surface area contributed by atoms with Gasteiger partial charge in [-0.3, -0.25) is 0 Å². The van der Waals surface area contributed by atoms with E-state index < -0.39 is 25.9 Å². The molecule has 0 saturated carbocycles. The van der Waals surface area contributed by atoms with Gasteiger partial charge in [-0.15, -0.1) is 0 Å². The molecule has 1 aliphatic heterocycles. The zero-order valence-electron chi connectivity index (χ0n) is 12.0. The third-order valence-electron chi connectivity index (χ3n) is 3.54. The molecule has 9 heteroatoms. The Kier molecular flexibility index (Phi) is 5.44. The van der Waals surface area contributed by atoms with Gasteiger partial charge in [0.1, 0.15) is 4.90 Å². The van der Waals surface area contributed by atoms with Crippen molar-refractivity contribution in [3.63, 3.8) is 0 Å². The molecule has 2 rings (SSSR count). The van der Waals surface area contributed by atoms with E-state index in [2.05, 4.69) is 0 Å². The van der Waals surface area contributed by atoms with E-state index >= 15 is 0 Å². The smallest absolute Gasteiger partial charge is 0.229 e. The molecule has 5 nitrogen and oxygen atoms in total. The lowest BCUT2D eigenvalue weighted by Gasteiger charge is -2.27. The predicted molar refractivity (Wildman–Crippen MR) is 87.7 cm³/mol. The van der Waals surface area contributed by atoms with Crippen LogP contribution in [0, 0.1) is 0 Å². The summed E-state index contributed by atoms with van der Waals surface area (Å²) in [6, 6.07) is 3.68. The van der Waals surface area contributed by atoms with Crippen molar-refractivity contribution in [3.8, 4) is 0 Å². The highest BCUT2D eigenvalue weighted by molar-refractivity contribution is 7.92. The maximum atomic E-state index is 12.9. The highest BCUT2D eigenvalue weighted by Crippen LogP contribution is 2.31. The molecule has 1 heterocycles. The summed E-state index contributed by atoms with van der Waals surface area (Å²) in [6.07, 6.45) is 0.883. The molecule has 124 valence electrons. The second kappa shape index (κ2) is 6.65. The van der Waals surface area contributed by atoms with Gasteiger partial charge in [-0.25, -0.2) is 16.8 Å². The molecular weight excluding hydrogens is 369 g/mol. The van der Waals surface area contributed by atoms with Gasteiger partial charge in [0.2, 0.25) is 10.0 Å². The highest BCUT2D eigenvalue weighted by Gasteiger charge is 2.39. The van der Waals surface area contributed by atoms with Gasteiger partial charge in [-0.2, -0.15) is 4.31 Å². The largest absolute Gasteiger partial charge is 0.244 e. The molecular formula is C13H17Cl2NO4S2. The second-order valence-corrected chi connectivity index (χ2v) is 10.2. The van der Waals surface area contributed by atoms with Crippen molar-refractivity contribution in [3.05, 3.63) is 28.2 Å². The van der Waals surface area contributed by atoms with Crippen molar-refractivity contribution in [1.82, 2.24) is 4.31 Å². The molecule has 0 unspecified atom stereocenters. The fourth-order valence-electron chi connectivity index (χ4n) is 2.52. The summed E-state index contributed by atoms with van der Waals surface area (Å²) in [5.74, 6) is -0.138. The topological polar surface area (TPSA) is 71.5 Å². The third kappa shape index (κ3) is 3.76. The first-order valence-corrected chi connectivity index (χ1v) is 10.9. The summed E-state index contributed by atoms with van der Waals surface area (Å²) >= 11 is 11.9. The Balaban J connectivity index is 2.45. The molecule has 1 fully saturated rings. The fraction of sp³-hybridized carbons (Fsp3) is 0.538. The maximum Gasteiger partial charge on any atom is 0.244 e. The van der Waals surface area contributed by atoms with Crippen molar-refractivity contribution in [1.29, 1.82) is 0 Å². The van der Waals surface area contributed by atoms with Gasteiger partial charge >= 0.3 is 0 Å². The quantitative estimate of drug-likeness (QED) is 0.780. The van der Waals surface area contributed by atoms with Crippen molar-refractivity contribution < 1.29 is 16.8 Å². The SMILES string of the molecule is CCCN([C@@H]1CCS(=O)(=O)C1)S(=O)(=O)c1cc(Cl)ccc1Cl. The van der Waals surface area contributed by atoms with Gasteiger partial charge < -0.3 is 0 Å². The van der Waals surface area contributed by atoms with Gasteiger partial charge in [0.15, 0.2) is 9.84 Å². The van der Waals surface area contributed by atoms with E-state index in [4.69, 9.17) is 23.2 Å². The fourth-order valence-corrected chi connectivity index (χ4v) is 6.83. The molecule has 1 aromatic carbocycles. The Morgan fingerprint density at radius 3 is 2.55 bits per heavy atom. The van der Waals surface area contributed by atoms with Crippen LogP contribution in [0.25, 0.3) is 0 Å². The first-order valence-electron chi connectivity index (χ1n) is 6.84. The van der Waals surface area contributed by atoms with Gasteiger partial charge in [-0.1, -0.05) is 30.1 Å². The van der Waals surface area contributed by atoms with Crippen molar-refractivity contribution in [2.75, 3.05) is 18.1 Å². The number of rotatable bonds is 5. The molecule has 1 atom stereocenters. The molecule has 22 heavy (non-hydrogen) atoms. The number of sulfone groups is 1. The average Bonchev–Trinajstić information content (AvgIpc) is 2.78. The van der Waals surface area contributed by atoms with E-state index in [1.807, 2.05) is 6.92 Å². The number of hydrogen-bond acceptors (Lipinski definition) is 4. The Morgan fingerprint density at radius 2 is 2.00 bits per heavy atom. The molecule has 1 saturated heterocycles. The van der Waals surface area contributed by atoms with Gasteiger partial charge in [0, 0.05) is 17.6 Å². The van der Waals surface area contributed by atoms with E-state index in [1.165, 1.54) is 22.5 Å². The summed E-state index contributed by atoms with van der Waals surface area (Å²) in [5.41, 5.74) is 0. The molecule has 0 spiro atoms. The number of hydrogen-bond donors (Lipinski definition) is 0. The monoisotopic (exact) mass is 385 g/mol. The van der Waals surface area contributed by atoms with E-state index in [-0.39, 0.29) is 33.0 Å². The van der Waals surface area contributed by atoms with Crippen LogP contribution in [0.3, 0.4) is 0 Å². The van der Waals surface area contributed by atoms with Crippen LogP contribution in [-0.4, -0.2) is 45.2 Å². The first-order chi connectivity index (χ1) is 10.2. The summed E-state index contributed by atoms with van der Waals surface area (Å²) < 4.78 is 50.3. The highest BCUT2D eigenvalue weighted by atomic mass is 35.5. The molecule has 0 aliphatic carbocycles. The summed E-state index contributed by atoms with van der Waals surface area (Å²) in [7, 11) is -7.08. The number of halogens is 2. The van der Waals surface area contributed by atoms with E-state index in [9.17, 15) is 16.8 Å². The third-order valence-corrected chi connectivity index (χ3v) is 7.96. The Hall–Kier alpha value is -0.340. The molecule has 1 aromatic rings. The van der Waals surface area contributed by atoms with Crippen LogP contribution in [0.2, 0.25) is 10.0 Å². The van der Waals surface area contributed by atoms with Gasteiger partial charge in [0.05, 0.1) is 16.5 Å². The number of nitrogens with zero attached hydrogens (tertiary/aromatic N) is 1. The van der Waals surface area contributed by atoms with Crippen LogP contribution in [-0.2, 0) is 19.9 Å². The Bertz CT molecular complexity index is 762. The minimum absolute atomic E-state index is 0.0106. The average molecular weight is 386 g/mol. The lowest BCUT2D eigenvalue weighted by atomic mass is 10.2. The van der Waals surface area contributed by atoms with E-state index in [1.54, 1.807) is 0 Å². The maximum absolute atomic E-state index is 12.9. The van der Waals surface area contributed by atoms with Crippen LogP contribution in [0.1, 0.15) is 19.8 Å². The molecule has 0 N–H and O–H groups in total. The number of sulfonamides is 1. The van der Waals surface area contributed by atoms with E-state index in [0.717, 1.165) is 0 Å². The minimum Gasteiger partial charge on any atom is -0.229 e. The van der Waals surface area contributed by atoms with Crippen LogP contribution >= 0.6 is 23.2 Å². The lowest BCUT2D eigenvalue weighted by molar-refractivity contribution is 0.340. The second-order valence-electron chi connectivity index (χ2n) is 5.25. The van der Waals surface area contributed by atoms with Gasteiger partial charge in [0.25, 0.3) is 0 Å². The Morgan fingerprint density at radius 1 is 1.32 bits per heavy atom. The normalized spacial score (nSPS) is 21.4. The summed E-state index contributed by atoms with van der Waals surface area (Å²) in [5, 5.41) is 0.338. The van der Waals surface area contributed by atoms with Crippen molar-refractivity contribution >= 4 is 43.1 Å². The zero-order chi connectivity index (χ0) is 16.5. The lowest BCUT2D eigenvalue weighted by Crippen LogP contribution is -2.41. The van der Waals surface area contributed by atoms with Crippen molar-refractivity contribution in [2.45, 2.75) is 30.7 Å². The Labute approximate surface area is 141 Å². The predicted octanol–water partition coefficient (Wildman–Crippen LogP) is 2.58. The van der Waals surface area contributed by atoms with Crippen LogP contribution in [0.15, 0.2) is 23.1 Å². The molecule has 1 aliphatic rings. The molecule has 0 bridgehead atoms. The molecule has 0 aromatic heterocycles. The molecule has 0 amide bonds. The zero-order valence-corrected chi connectivity index (χ0v) is 15.1. The molecule has 0 radical (unpaired) electrons. The standard InChI is InChI=1S/C13H17Cl2NO4S2/c1-2-6-16(11-5-7-21(17,18)9-11)22(19,20)13-8-10(14)3-4-12(13)15/h3-4,8,11H,2,5-7,9H2,1H3/t11-/m1/s1. The van der Waals surface area contributed by atoms with E-state index in [0.29, 0.717) is 12.8 Å². The number of benzene rings is 1. The van der Waals surface area contributed by atoms with Crippen molar-refractivity contribution in [2.24, 2.45) is 0 Å². The van der Waals surface area contributed by atoms with Crippen LogP contribution < -0.4 is 0 Å². The van der Waals surface area contributed by atoms with Gasteiger partial charge in [-0.05, 0) is 31.0 Å². The summed E-state index contributed by atoms with van der Waals surface area (Å²) in [6.45, 7) is 2.08. The summed E-state index contributed by atoms with van der Waals surface area (Å²) in [4.78, 5) is -0.0839. The minimum atomic E-state index is -3.90.